The molecule has 0 spiro atoms. The molecule has 0 saturated heterocycles. The number of phenolic OH excluding ortho intramolecular Hbond substituents is 2. The van der Waals surface area contributed by atoms with Gasteiger partial charge in [-0.05, 0) is 42.6 Å². The molecule has 2 aliphatic rings. The molecule has 0 aromatic heterocycles. The lowest BCUT2D eigenvalue weighted by atomic mass is 9.50. The van der Waals surface area contributed by atoms with Crippen molar-refractivity contribution in [3.63, 3.8) is 0 Å². The topological polar surface area (TPSA) is 77.8 Å². The number of hydrogen-bond donors (Lipinski definition) is 3. The number of phenols is 2. The monoisotopic (exact) mass is 332 g/mol. The van der Waals surface area contributed by atoms with Crippen LogP contribution < -0.4 is 0 Å². The van der Waals surface area contributed by atoms with Crippen molar-refractivity contribution < 1.29 is 20.1 Å². The van der Waals surface area contributed by atoms with Crippen LogP contribution in [0.25, 0.3) is 0 Å². The maximum Gasteiger partial charge on any atom is 0.162 e. The number of hydrogen-bond acceptors (Lipinski definition) is 4. The number of aromatic hydroxyl groups is 2. The SMILES string of the molecule is CC(CO)c1cc2c(c(O)c1O)C1(C=O)CCCC(C)(C)C1CC2. The third-order valence-corrected chi connectivity index (χ3v) is 6.54. The minimum absolute atomic E-state index is 0.0377. The number of aldehydes is 1. The van der Waals surface area contributed by atoms with Crippen LogP contribution >= 0.6 is 0 Å². The number of carbonyl (C=O) groups excluding carboxylic acids is 1. The van der Waals surface area contributed by atoms with Crippen LogP contribution in [0, 0.1) is 11.3 Å². The number of aryl methyl sites for hydroxylation is 1. The van der Waals surface area contributed by atoms with Crippen molar-refractivity contribution in [1.29, 1.82) is 0 Å². The molecule has 0 aliphatic heterocycles. The number of carbonyl (C=O) groups is 1. The molecule has 1 saturated carbocycles. The molecule has 4 heteroatoms. The Morgan fingerprint density at radius 3 is 2.62 bits per heavy atom. The normalized spacial score (nSPS) is 29.4. The molecule has 1 fully saturated rings. The Labute approximate surface area is 143 Å². The minimum Gasteiger partial charge on any atom is -0.504 e. The Balaban J connectivity index is 2.23. The Bertz CT molecular complexity index is 664. The first-order valence-electron chi connectivity index (χ1n) is 8.94. The van der Waals surface area contributed by atoms with Crippen LogP contribution in [0.4, 0.5) is 0 Å². The van der Waals surface area contributed by atoms with Gasteiger partial charge in [-0.15, -0.1) is 0 Å². The molecular formula is C20H28O4. The molecule has 4 nitrogen and oxygen atoms in total. The molecule has 24 heavy (non-hydrogen) atoms. The Hall–Kier alpha value is -1.55. The Kier molecular flexibility index (Phi) is 4.15. The molecule has 0 bridgehead atoms. The van der Waals surface area contributed by atoms with Gasteiger partial charge in [0.15, 0.2) is 11.5 Å². The lowest BCUT2D eigenvalue weighted by molar-refractivity contribution is -0.120. The maximum absolute atomic E-state index is 12.3. The molecule has 0 heterocycles. The van der Waals surface area contributed by atoms with E-state index in [-0.39, 0.29) is 35.4 Å². The van der Waals surface area contributed by atoms with Crippen LogP contribution in [-0.2, 0) is 16.6 Å². The van der Waals surface area contributed by atoms with E-state index in [9.17, 15) is 20.1 Å². The number of benzene rings is 1. The van der Waals surface area contributed by atoms with Crippen molar-refractivity contribution in [1.82, 2.24) is 0 Å². The molecule has 3 N–H and O–H groups in total. The van der Waals surface area contributed by atoms with Gasteiger partial charge in [0.1, 0.15) is 6.29 Å². The van der Waals surface area contributed by atoms with E-state index in [0.29, 0.717) is 11.1 Å². The van der Waals surface area contributed by atoms with Crippen LogP contribution in [-0.4, -0.2) is 28.2 Å². The lowest BCUT2D eigenvalue weighted by Crippen LogP contribution is -2.50. The molecule has 132 valence electrons. The van der Waals surface area contributed by atoms with Crippen LogP contribution in [0.5, 0.6) is 11.5 Å². The maximum atomic E-state index is 12.3. The van der Waals surface area contributed by atoms with E-state index in [2.05, 4.69) is 13.8 Å². The minimum atomic E-state index is -0.710. The van der Waals surface area contributed by atoms with Gasteiger partial charge < -0.3 is 20.1 Å². The number of rotatable bonds is 3. The van der Waals surface area contributed by atoms with Crippen molar-refractivity contribution in [2.45, 2.75) is 64.2 Å². The second-order valence-corrected chi connectivity index (χ2v) is 8.37. The van der Waals surface area contributed by atoms with Gasteiger partial charge in [-0.25, -0.2) is 0 Å². The predicted octanol–water partition coefficient (Wildman–Crippen LogP) is 3.40. The highest BCUT2D eigenvalue weighted by atomic mass is 16.3. The van der Waals surface area contributed by atoms with Crippen molar-refractivity contribution in [2.24, 2.45) is 11.3 Å². The zero-order valence-corrected chi connectivity index (χ0v) is 14.8. The van der Waals surface area contributed by atoms with Crippen molar-refractivity contribution in [2.75, 3.05) is 6.61 Å². The summed E-state index contributed by atoms with van der Waals surface area (Å²) in [5, 5.41) is 30.7. The van der Waals surface area contributed by atoms with Crippen LogP contribution in [0.2, 0.25) is 0 Å². The van der Waals surface area contributed by atoms with Gasteiger partial charge in [0, 0.05) is 23.7 Å². The standard InChI is InChI=1S/C20H28O4/c1-12(10-21)14-9-13-5-6-15-19(2,3)7-4-8-20(15,11-22)16(13)18(24)17(14)23/h9,11-12,15,21,23-24H,4-8,10H2,1-3H3. The van der Waals surface area contributed by atoms with Gasteiger partial charge in [-0.1, -0.05) is 33.3 Å². The highest BCUT2D eigenvalue weighted by Crippen LogP contribution is 2.59. The number of fused-ring (bicyclic) bond motifs is 3. The van der Waals surface area contributed by atoms with Crippen molar-refractivity contribution >= 4 is 6.29 Å². The summed E-state index contributed by atoms with van der Waals surface area (Å²) in [5.74, 6) is -0.415. The summed E-state index contributed by atoms with van der Waals surface area (Å²) < 4.78 is 0. The van der Waals surface area contributed by atoms with Crippen molar-refractivity contribution in [3.8, 4) is 11.5 Å². The summed E-state index contributed by atoms with van der Waals surface area (Å²) in [7, 11) is 0. The van der Waals surface area contributed by atoms with E-state index < -0.39 is 5.41 Å². The van der Waals surface area contributed by atoms with Crippen molar-refractivity contribution in [3.05, 3.63) is 22.8 Å². The molecule has 1 aromatic rings. The molecule has 2 aliphatic carbocycles. The lowest BCUT2D eigenvalue weighted by Gasteiger charge is -2.53. The third-order valence-electron chi connectivity index (χ3n) is 6.54. The van der Waals surface area contributed by atoms with E-state index in [1.54, 1.807) is 0 Å². The average molecular weight is 332 g/mol. The summed E-state index contributed by atoms with van der Waals surface area (Å²) in [6.07, 6.45) is 5.46. The van der Waals surface area contributed by atoms with Gasteiger partial charge in [0.2, 0.25) is 0 Å². The zero-order chi connectivity index (χ0) is 17.7. The van der Waals surface area contributed by atoms with E-state index in [0.717, 1.165) is 44.0 Å². The quantitative estimate of drug-likeness (QED) is 0.585. The summed E-state index contributed by atoms with van der Waals surface area (Å²) in [4.78, 5) is 12.3. The Morgan fingerprint density at radius 1 is 1.29 bits per heavy atom. The average Bonchev–Trinajstić information content (AvgIpc) is 2.56. The van der Waals surface area contributed by atoms with E-state index >= 15 is 0 Å². The first-order valence-corrected chi connectivity index (χ1v) is 8.94. The van der Waals surface area contributed by atoms with Crippen LogP contribution in [0.1, 0.15) is 69.1 Å². The predicted molar refractivity (Wildman–Crippen MR) is 92.5 cm³/mol. The first kappa shape index (κ1) is 17.3. The number of aliphatic hydroxyl groups excluding tert-OH is 1. The molecule has 0 radical (unpaired) electrons. The van der Waals surface area contributed by atoms with Gasteiger partial charge in [0.05, 0.1) is 5.41 Å². The van der Waals surface area contributed by atoms with E-state index in [1.165, 1.54) is 0 Å². The number of aliphatic hydroxyl groups is 1. The molecule has 3 rings (SSSR count). The molecule has 3 unspecified atom stereocenters. The third kappa shape index (κ3) is 2.26. The smallest absolute Gasteiger partial charge is 0.162 e. The summed E-state index contributed by atoms with van der Waals surface area (Å²) in [6.45, 7) is 6.13. The molecule has 1 aromatic carbocycles. The highest BCUT2D eigenvalue weighted by Gasteiger charge is 2.54. The Morgan fingerprint density at radius 2 is 2.00 bits per heavy atom. The summed E-state index contributed by atoms with van der Waals surface area (Å²) in [6, 6.07) is 1.88. The fourth-order valence-corrected chi connectivity index (χ4v) is 5.26. The first-order chi connectivity index (χ1) is 11.3. The van der Waals surface area contributed by atoms with Crippen LogP contribution in [0.15, 0.2) is 6.07 Å². The van der Waals surface area contributed by atoms with Gasteiger partial charge in [-0.2, -0.15) is 0 Å². The van der Waals surface area contributed by atoms with Gasteiger partial charge in [-0.3, -0.25) is 0 Å². The molecule has 0 amide bonds. The second-order valence-electron chi connectivity index (χ2n) is 8.37. The fourth-order valence-electron chi connectivity index (χ4n) is 5.26. The van der Waals surface area contributed by atoms with E-state index in [4.69, 9.17) is 0 Å². The molecular weight excluding hydrogens is 304 g/mol. The summed E-state index contributed by atoms with van der Waals surface area (Å²) >= 11 is 0. The van der Waals surface area contributed by atoms with Crippen LogP contribution in [0.3, 0.4) is 0 Å². The second kappa shape index (κ2) is 5.76. The fraction of sp³-hybridized carbons (Fsp3) is 0.650. The van der Waals surface area contributed by atoms with E-state index in [1.807, 2.05) is 13.0 Å². The van der Waals surface area contributed by atoms with Gasteiger partial charge in [0.25, 0.3) is 0 Å². The summed E-state index contributed by atoms with van der Waals surface area (Å²) in [5.41, 5.74) is 1.46. The molecule has 3 atom stereocenters. The highest BCUT2D eigenvalue weighted by molar-refractivity contribution is 5.76. The largest absolute Gasteiger partial charge is 0.504 e. The van der Waals surface area contributed by atoms with Gasteiger partial charge >= 0.3 is 0 Å². The zero-order valence-electron chi connectivity index (χ0n) is 14.8.